The first kappa shape index (κ1) is 18.6. The summed E-state index contributed by atoms with van der Waals surface area (Å²) in [6.45, 7) is 2.88. The molecular formula is C20H24N2O3S. The number of nitrogens with one attached hydrogen (secondary N) is 1. The molecule has 0 saturated carbocycles. The van der Waals surface area contributed by atoms with Crippen molar-refractivity contribution in [3.8, 4) is 0 Å². The number of hydrogen-bond acceptors (Lipinski definition) is 3. The number of carbonyl (C=O) groups excluding carboxylic acids is 1. The SMILES string of the molecule is CCc1ccccc1NC(=O)CCS(=O)(=O)N1CCc2ccccc2C1. The van der Waals surface area contributed by atoms with Crippen molar-refractivity contribution >= 4 is 21.6 Å². The fraction of sp³-hybridized carbons (Fsp3) is 0.350. The van der Waals surface area contributed by atoms with Crippen LogP contribution < -0.4 is 5.32 Å². The quantitative estimate of drug-likeness (QED) is 0.848. The zero-order chi connectivity index (χ0) is 18.6. The van der Waals surface area contributed by atoms with E-state index in [2.05, 4.69) is 5.32 Å². The molecule has 138 valence electrons. The van der Waals surface area contributed by atoms with Crippen LogP contribution in [0.4, 0.5) is 5.69 Å². The second kappa shape index (κ2) is 8.01. The van der Waals surface area contributed by atoms with Gasteiger partial charge >= 0.3 is 0 Å². The fourth-order valence-electron chi connectivity index (χ4n) is 3.22. The van der Waals surface area contributed by atoms with Gasteiger partial charge in [0.25, 0.3) is 0 Å². The number of benzene rings is 2. The molecule has 5 nitrogen and oxygen atoms in total. The van der Waals surface area contributed by atoms with Crippen molar-refractivity contribution in [2.75, 3.05) is 17.6 Å². The first-order chi connectivity index (χ1) is 12.5. The summed E-state index contributed by atoms with van der Waals surface area (Å²) in [4.78, 5) is 12.2. The molecule has 0 radical (unpaired) electrons. The number of carbonyl (C=O) groups is 1. The van der Waals surface area contributed by atoms with Gasteiger partial charge in [-0.25, -0.2) is 8.42 Å². The minimum Gasteiger partial charge on any atom is -0.326 e. The first-order valence-corrected chi connectivity index (χ1v) is 10.5. The van der Waals surface area contributed by atoms with Gasteiger partial charge in [-0.1, -0.05) is 49.4 Å². The van der Waals surface area contributed by atoms with Gasteiger partial charge < -0.3 is 5.32 Å². The van der Waals surface area contributed by atoms with Crippen molar-refractivity contribution in [1.29, 1.82) is 0 Å². The number of sulfonamides is 1. The Labute approximate surface area is 155 Å². The van der Waals surface area contributed by atoms with Crippen LogP contribution >= 0.6 is 0 Å². The van der Waals surface area contributed by atoms with Gasteiger partial charge in [0.1, 0.15) is 0 Å². The summed E-state index contributed by atoms with van der Waals surface area (Å²) in [5, 5.41) is 2.83. The third-order valence-electron chi connectivity index (χ3n) is 4.75. The molecule has 3 rings (SSSR count). The Morgan fingerprint density at radius 2 is 1.77 bits per heavy atom. The van der Waals surface area contributed by atoms with Gasteiger partial charge in [-0.3, -0.25) is 4.79 Å². The standard InChI is InChI=1S/C20H24N2O3S/c1-2-16-7-5-6-10-19(16)21-20(23)12-14-26(24,25)22-13-11-17-8-3-4-9-18(17)15-22/h3-10H,2,11-15H2,1H3,(H,21,23). The van der Waals surface area contributed by atoms with Gasteiger partial charge in [0.15, 0.2) is 0 Å². The molecule has 0 atom stereocenters. The summed E-state index contributed by atoms with van der Waals surface area (Å²) in [5.74, 6) is -0.443. The summed E-state index contributed by atoms with van der Waals surface area (Å²) >= 11 is 0. The Morgan fingerprint density at radius 1 is 1.08 bits per heavy atom. The number of amides is 1. The maximum atomic E-state index is 12.6. The first-order valence-electron chi connectivity index (χ1n) is 8.92. The Hall–Kier alpha value is -2.18. The van der Waals surface area contributed by atoms with Crippen molar-refractivity contribution in [3.05, 3.63) is 65.2 Å². The zero-order valence-corrected chi connectivity index (χ0v) is 15.8. The van der Waals surface area contributed by atoms with Crippen molar-refractivity contribution in [2.45, 2.75) is 32.7 Å². The molecule has 0 aliphatic carbocycles. The average Bonchev–Trinajstić information content (AvgIpc) is 2.66. The number of para-hydroxylation sites is 1. The van der Waals surface area contributed by atoms with Crippen molar-refractivity contribution in [2.24, 2.45) is 0 Å². The highest BCUT2D eigenvalue weighted by Crippen LogP contribution is 2.21. The molecule has 0 saturated heterocycles. The number of hydrogen-bond donors (Lipinski definition) is 1. The maximum Gasteiger partial charge on any atom is 0.225 e. The zero-order valence-electron chi connectivity index (χ0n) is 14.9. The Kier molecular flexibility index (Phi) is 5.74. The molecule has 26 heavy (non-hydrogen) atoms. The largest absolute Gasteiger partial charge is 0.326 e. The van der Waals surface area contributed by atoms with E-state index in [1.54, 1.807) is 0 Å². The molecular weight excluding hydrogens is 348 g/mol. The second-order valence-electron chi connectivity index (χ2n) is 6.48. The van der Waals surface area contributed by atoms with Crippen molar-refractivity contribution in [1.82, 2.24) is 4.31 Å². The molecule has 0 aromatic heterocycles. The molecule has 1 N–H and O–H groups in total. The van der Waals surface area contributed by atoms with Crippen molar-refractivity contribution in [3.63, 3.8) is 0 Å². The lowest BCUT2D eigenvalue weighted by Crippen LogP contribution is -2.38. The summed E-state index contributed by atoms with van der Waals surface area (Å²) in [6, 6.07) is 15.5. The highest BCUT2D eigenvalue weighted by atomic mass is 32.2. The highest BCUT2D eigenvalue weighted by molar-refractivity contribution is 7.89. The van der Waals surface area contributed by atoms with Crippen LogP contribution in [0.5, 0.6) is 0 Å². The van der Waals surface area contributed by atoms with E-state index >= 15 is 0 Å². The lowest BCUT2D eigenvalue weighted by Gasteiger charge is -2.28. The molecule has 1 aliphatic heterocycles. The normalized spacial score (nSPS) is 14.7. The second-order valence-corrected chi connectivity index (χ2v) is 8.57. The predicted molar refractivity (Wildman–Crippen MR) is 103 cm³/mol. The van der Waals surface area contributed by atoms with E-state index in [1.807, 2.05) is 55.5 Å². The van der Waals surface area contributed by atoms with Gasteiger partial charge in [0.05, 0.1) is 5.75 Å². The van der Waals surface area contributed by atoms with Gasteiger partial charge in [-0.05, 0) is 35.6 Å². The molecule has 6 heteroatoms. The van der Waals surface area contributed by atoms with Gasteiger partial charge in [-0.15, -0.1) is 0 Å². The molecule has 2 aromatic carbocycles. The summed E-state index contributed by atoms with van der Waals surface area (Å²) in [5.41, 5.74) is 4.04. The maximum absolute atomic E-state index is 12.6. The third-order valence-corrected chi connectivity index (χ3v) is 6.57. The number of fused-ring (bicyclic) bond motifs is 1. The third kappa shape index (κ3) is 4.31. The predicted octanol–water partition coefficient (Wildman–Crippen LogP) is 2.97. The molecule has 1 amide bonds. The lowest BCUT2D eigenvalue weighted by atomic mass is 10.0. The van der Waals surface area contributed by atoms with Crippen LogP contribution in [0, 0.1) is 0 Å². The van der Waals surface area contributed by atoms with Crippen LogP contribution in [-0.4, -0.2) is 30.9 Å². The van der Waals surface area contributed by atoms with Crippen LogP contribution in [-0.2, 0) is 34.2 Å². The van der Waals surface area contributed by atoms with Crippen LogP contribution in [0.15, 0.2) is 48.5 Å². The minimum atomic E-state index is -3.46. The fourth-order valence-corrected chi connectivity index (χ4v) is 4.63. The number of aryl methyl sites for hydroxylation is 1. The Morgan fingerprint density at radius 3 is 2.54 bits per heavy atom. The minimum absolute atomic E-state index is 0.0431. The number of nitrogens with zero attached hydrogens (tertiary/aromatic N) is 1. The average molecular weight is 372 g/mol. The van der Waals surface area contributed by atoms with E-state index in [4.69, 9.17) is 0 Å². The van der Waals surface area contributed by atoms with Crippen LogP contribution in [0.25, 0.3) is 0 Å². The number of anilines is 1. The van der Waals surface area contributed by atoms with E-state index in [0.29, 0.717) is 19.5 Å². The van der Waals surface area contributed by atoms with E-state index in [9.17, 15) is 13.2 Å². The molecule has 1 aliphatic rings. The molecule has 0 unspecified atom stereocenters. The summed E-state index contributed by atoms with van der Waals surface area (Å²) in [6.07, 6.45) is 1.48. The molecule has 0 spiro atoms. The van der Waals surface area contributed by atoms with Gasteiger partial charge in [0, 0.05) is 25.2 Å². The summed E-state index contributed by atoms with van der Waals surface area (Å²) < 4.78 is 26.7. The molecule has 0 fully saturated rings. The van der Waals surface area contributed by atoms with Gasteiger partial charge in [-0.2, -0.15) is 4.31 Å². The monoisotopic (exact) mass is 372 g/mol. The van der Waals surface area contributed by atoms with E-state index in [-0.39, 0.29) is 18.1 Å². The van der Waals surface area contributed by atoms with Crippen LogP contribution in [0.3, 0.4) is 0 Å². The van der Waals surface area contributed by atoms with Crippen LogP contribution in [0.2, 0.25) is 0 Å². The number of rotatable bonds is 6. The summed E-state index contributed by atoms with van der Waals surface area (Å²) in [7, 11) is -3.46. The van der Waals surface area contributed by atoms with Crippen LogP contribution in [0.1, 0.15) is 30.0 Å². The van der Waals surface area contributed by atoms with E-state index in [0.717, 1.165) is 23.2 Å². The molecule has 1 heterocycles. The van der Waals surface area contributed by atoms with E-state index in [1.165, 1.54) is 9.87 Å². The topological polar surface area (TPSA) is 66.5 Å². The Balaban J connectivity index is 1.59. The smallest absolute Gasteiger partial charge is 0.225 e. The molecule has 2 aromatic rings. The highest BCUT2D eigenvalue weighted by Gasteiger charge is 2.27. The van der Waals surface area contributed by atoms with Crippen molar-refractivity contribution < 1.29 is 13.2 Å². The lowest BCUT2D eigenvalue weighted by molar-refractivity contribution is -0.115. The Bertz CT molecular complexity index is 893. The van der Waals surface area contributed by atoms with E-state index < -0.39 is 10.0 Å². The molecule has 0 bridgehead atoms. The van der Waals surface area contributed by atoms with Gasteiger partial charge in [0.2, 0.25) is 15.9 Å².